The topological polar surface area (TPSA) is 38.8 Å². The molecule has 2 unspecified atom stereocenters. The molecule has 88 valence electrons. The fourth-order valence-electron chi connectivity index (χ4n) is 1.84. The first-order valence-corrected chi connectivity index (χ1v) is 5.50. The summed E-state index contributed by atoms with van der Waals surface area (Å²) in [7, 11) is 3.38. The van der Waals surface area contributed by atoms with E-state index in [1.165, 1.54) is 0 Å². The molecular weight excluding hydrogens is 194 g/mol. The molecule has 1 saturated heterocycles. The van der Waals surface area contributed by atoms with E-state index in [2.05, 4.69) is 0 Å². The Morgan fingerprint density at radius 1 is 1.67 bits per heavy atom. The number of carbonyl (C=O) groups is 1. The lowest BCUT2D eigenvalue weighted by Gasteiger charge is -2.28. The van der Waals surface area contributed by atoms with E-state index in [-0.39, 0.29) is 12.0 Å². The van der Waals surface area contributed by atoms with E-state index in [9.17, 15) is 4.79 Å². The molecule has 0 aromatic carbocycles. The summed E-state index contributed by atoms with van der Waals surface area (Å²) in [5.41, 5.74) is 0. The average Bonchev–Trinajstić information content (AvgIpc) is 2.28. The van der Waals surface area contributed by atoms with Crippen LogP contribution in [0.1, 0.15) is 19.8 Å². The normalized spacial score (nSPS) is 23.5. The Bertz CT molecular complexity index is 202. The van der Waals surface area contributed by atoms with Crippen molar-refractivity contribution in [3.63, 3.8) is 0 Å². The first kappa shape index (κ1) is 12.5. The van der Waals surface area contributed by atoms with Gasteiger partial charge in [-0.2, -0.15) is 0 Å². The van der Waals surface area contributed by atoms with Crippen molar-refractivity contribution in [3.05, 3.63) is 0 Å². The third-order valence-electron chi connectivity index (χ3n) is 2.86. The van der Waals surface area contributed by atoms with E-state index >= 15 is 0 Å². The molecule has 1 aliphatic heterocycles. The van der Waals surface area contributed by atoms with Crippen molar-refractivity contribution < 1.29 is 14.3 Å². The second-order valence-electron chi connectivity index (χ2n) is 4.18. The molecule has 4 nitrogen and oxygen atoms in total. The Morgan fingerprint density at radius 2 is 2.40 bits per heavy atom. The van der Waals surface area contributed by atoms with Crippen LogP contribution in [0.2, 0.25) is 0 Å². The van der Waals surface area contributed by atoms with Crippen molar-refractivity contribution in [2.75, 3.05) is 33.9 Å². The van der Waals surface area contributed by atoms with Gasteiger partial charge in [-0.05, 0) is 25.7 Å². The third kappa shape index (κ3) is 3.80. The number of likely N-dealkylation sites (N-methyl/N-ethyl adjacent to an activating group) is 1. The standard InChI is InChI=1S/C11H21NO3/c1-9(14-3)11(13)12(2)7-10-5-4-6-15-8-10/h9-10H,4-8H2,1-3H3. The van der Waals surface area contributed by atoms with Crippen LogP contribution in [0.5, 0.6) is 0 Å². The summed E-state index contributed by atoms with van der Waals surface area (Å²) in [6, 6.07) is 0. The number of amides is 1. The number of methoxy groups -OCH3 is 1. The van der Waals surface area contributed by atoms with Gasteiger partial charge in [0.15, 0.2) is 0 Å². The van der Waals surface area contributed by atoms with Crippen molar-refractivity contribution >= 4 is 5.91 Å². The Kier molecular flexibility index (Phi) is 5.05. The molecule has 0 aromatic heterocycles. The first-order valence-electron chi connectivity index (χ1n) is 5.50. The highest BCUT2D eigenvalue weighted by Crippen LogP contribution is 2.14. The monoisotopic (exact) mass is 215 g/mol. The van der Waals surface area contributed by atoms with Gasteiger partial charge in [-0.15, -0.1) is 0 Å². The largest absolute Gasteiger partial charge is 0.381 e. The quantitative estimate of drug-likeness (QED) is 0.699. The Morgan fingerprint density at radius 3 is 2.93 bits per heavy atom. The average molecular weight is 215 g/mol. The lowest BCUT2D eigenvalue weighted by Crippen LogP contribution is -2.40. The summed E-state index contributed by atoms with van der Waals surface area (Å²) < 4.78 is 10.4. The van der Waals surface area contributed by atoms with E-state index < -0.39 is 0 Å². The van der Waals surface area contributed by atoms with Gasteiger partial charge in [-0.1, -0.05) is 0 Å². The van der Waals surface area contributed by atoms with Crippen LogP contribution < -0.4 is 0 Å². The Balaban J connectivity index is 2.33. The number of nitrogens with zero attached hydrogens (tertiary/aromatic N) is 1. The van der Waals surface area contributed by atoms with E-state index in [0.29, 0.717) is 5.92 Å². The highest BCUT2D eigenvalue weighted by molar-refractivity contribution is 5.80. The lowest BCUT2D eigenvalue weighted by atomic mass is 10.0. The fourth-order valence-corrected chi connectivity index (χ4v) is 1.84. The molecule has 1 aliphatic rings. The van der Waals surface area contributed by atoms with Crippen LogP contribution in [0, 0.1) is 5.92 Å². The number of hydrogen-bond donors (Lipinski definition) is 0. The zero-order valence-electron chi connectivity index (χ0n) is 9.86. The minimum Gasteiger partial charge on any atom is -0.381 e. The number of hydrogen-bond acceptors (Lipinski definition) is 3. The van der Waals surface area contributed by atoms with Gasteiger partial charge in [0.2, 0.25) is 0 Å². The molecule has 1 heterocycles. The number of rotatable bonds is 4. The van der Waals surface area contributed by atoms with Crippen LogP contribution in [0.3, 0.4) is 0 Å². The van der Waals surface area contributed by atoms with Crippen molar-refractivity contribution in [3.8, 4) is 0 Å². The summed E-state index contributed by atoms with van der Waals surface area (Å²) in [5, 5.41) is 0. The maximum absolute atomic E-state index is 11.7. The molecule has 0 aromatic rings. The number of ether oxygens (including phenoxy) is 2. The zero-order valence-corrected chi connectivity index (χ0v) is 9.86. The van der Waals surface area contributed by atoms with E-state index in [0.717, 1.165) is 32.6 Å². The van der Waals surface area contributed by atoms with Gasteiger partial charge in [0, 0.05) is 27.3 Å². The van der Waals surface area contributed by atoms with Crippen LogP contribution in [-0.2, 0) is 14.3 Å². The molecule has 15 heavy (non-hydrogen) atoms. The van der Waals surface area contributed by atoms with Crippen molar-refractivity contribution in [2.24, 2.45) is 5.92 Å². The molecule has 0 bridgehead atoms. The zero-order chi connectivity index (χ0) is 11.3. The highest BCUT2D eigenvalue weighted by atomic mass is 16.5. The van der Waals surface area contributed by atoms with Gasteiger partial charge < -0.3 is 14.4 Å². The van der Waals surface area contributed by atoms with Crippen molar-refractivity contribution in [1.82, 2.24) is 4.90 Å². The summed E-state index contributed by atoms with van der Waals surface area (Å²) in [5.74, 6) is 0.528. The summed E-state index contributed by atoms with van der Waals surface area (Å²) in [6.45, 7) is 4.18. The van der Waals surface area contributed by atoms with Gasteiger partial charge in [0.05, 0.1) is 6.61 Å². The van der Waals surface area contributed by atoms with E-state index in [1.807, 2.05) is 7.05 Å². The molecule has 0 radical (unpaired) electrons. The second kappa shape index (κ2) is 6.08. The second-order valence-corrected chi connectivity index (χ2v) is 4.18. The molecule has 0 aliphatic carbocycles. The molecule has 2 atom stereocenters. The maximum Gasteiger partial charge on any atom is 0.251 e. The van der Waals surface area contributed by atoms with E-state index in [1.54, 1.807) is 18.9 Å². The van der Waals surface area contributed by atoms with Gasteiger partial charge in [-0.25, -0.2) is 0 Å². The minimum absolute atomic E-state index is 0.0445. The predicted molar refractivity (Wildman–Crippen MR) is 57.7 cm³/mol. The van der Waals surface area contributed by atoms with Gasteiger partial charge in [-0.3, -0.25) is 4.79 Å². The van der Waals surface area contributed by atoms with Gasteiger partial charge in [0.25, 0.3) is 5.91 Å². The summed E-state index contributed by atoms with van der Waals surface area (Å²) >= 11 is 0. The highest BCUT2D eigenvalue weighted by Gasteiger charge is 2.21. The summed E-state index contributed by atoms with van der Waals surface area (Å²) in [6.07, 6.45) is 1.91. The minimum atomic E-state index is -0.348. The van der Waals surface area contributed by atoms with Crippen LogP contribution in [0.25, 0.3) is 0 Å². The first-order chi connectivity index (χ1) is 7.15. The Labute approximate surface area is 91.5 Å². The molecule has 0 N–H and O–H groups in total. The molecule has 1 fully saturated rings. The molecule has 0 spiro atoms. The van der Waals surface area contributed by atoms with Crippen LogP contribution >= 0.6 is 0 Å². The van der Waals surface area contributed by atoms with Crippen LogP contribution in [0.15, 0.2) is 0 Å². The summed E-state index contributed by atoms with van der Waals surface area (Å²) in [4.78, 5) is 13.5. The Hall–Kier alpha value is -0.610. The van der Waals surface area contributed by atoms with Crippen LogP contribution in [-0.4, -0.2) is 50.8 Å². The van der Waals surface area contributed by atoms with E-state index in [4.69, 9.17) is 9.47 Å². The number of carbonyl (C=O) groups excluding carboxylic acids is 1. The smallest absolute Gasteiger partial charge is 0.251 e. The molecule has 0 saturated carbocycles. The third-order valence-corrected chi connectivity index (χ3v) is 2.86. The predicted octanol–water partition coefficient (Wildman–Crippen LogP) is 0.906. The molecule has 1 rings (SSSR count). The molecular formula is C11H21NO3. The fraction of sp³-hybridized carbons (Fsp3) is 0.909. The van der Waals surface area contributed by atoms with Crippen molar-refractivity contribution in [1.29, 1.82) is 0 Å². The molecule has 4 heteroatoms. The SMILES string of the molecule is COC(C)C(=O)N(C)CC1CCCOC1. The van der Waals surface area contributed by atoms with Crippen LogP contribution in [0.4, 0.5) is 0 Å². The lowest BCUT2D eigenvalue weighted by molar-refractivity contribution is -0.140. The van der Waals surface area contributed by atoms with Gasteiger partial charge >= 0.3 is 0 Å². The maximum atomic E-state index is 11.7. The van der Waals surface area contributed by atoms with Gasteiger partial charge in [0.1, 0.15) is 6.10 Å². The molecule has 1 amide bonds. The van der Waals surface area contributed by atoms with Crippen molar-refractivity contribution in [2.45, 2.75) is 25.9 Å².